The Hall–Kier alpha value is -1.83. The van der Waals surface area contributed by atoms with Gasteiger partial charge in [0.05, 0.1) is 0 Å². The highest BCUT2D eigenvalue weighted by molar-refractivity contribution is 14.0. The van der Waals surface area contributed by atoms with Crippen LogP contribution in [0.1, 0.15) is 25.5 Å². The van der Waals surface area contributed by atoms with E-state index in [1.807, 2.05) is 18.3 Å². The minimum absolute atomic E-state index is 0. The van der Waals surface area contributed by atoms with Crippen LogP contribution in [0.25, 0.3) is 0 Å². The summed E-state index contributed by atoms with van der Waals surface area (Å²) in [6.07, 6.45) is 4.93. The standard InChI is InChI=1S/C21H31N5.HI/c1-3-22-21(25-17-14-19-11-7-8-15-23-19)24-16-9-10-18-26(2)20-12-5-4-6-13-20;/h4-8,11-13,15H,3,9-10,14,16-18H2,1-2H3,(H2,22,24,25);1H. The molecular weight excluding hydrogens is 449 g/mol. The number of unbranched alkanes of at least 4 members (excludes halogenated alkanes) is 1. The van der Waals surface area contributed by atoms with Crippen molar-refractivity contribution in [1.29, 1.82) is 0 Å². The van der Waals surface area contributed by atoms with E-state index in [-0.39, 0.29) is 24.0 Å². The molecule has 0 atom stereocenters. The van der Waals surface area contributed by atoms with Crippen LogP contribution in [0.3, 0.4) is 0 Å². The molecule has 1 aromatic carbocycles. The summed E-state index contributed by atoms with van der Waals surface area (Å²) in [4.78, 5) is 11.3. The number of guanidine groups is 1. The molecule has 0 aliphatic heterocycles. The fourth-order valence-corrected chi connectivity index (χ4v) is 2.66. The molecule has 2 rings (SSSR count). The van der Waals surface area contributed by atoms with Gasteiger partial charge in [0.25, 0.3) is 0 Å². The van der Waals surface area contributed by atoms with Crippen molar-refractivity contribution in [1.82, 2.24) is 15.6 Å². The van der Waals surface area contributed by atoms with Crippen LogP contribution in [0.2, 0.25) is 0 Å². The lowest BCUT2D eigenvalue weighted by Gasteiger charge is -2.18. The molecule has 0 unspecified atom stereocenters. The average Bonchev–Trinajstić information content (AvgIpc) is 2.69. The van der Waals surface area contributed by atoms with Crippen molar-refractivity contribution < 1.29 is 0 Å². The first kappa shape index (κ1) is 23.2. The zero-order valence-electron chi connectivity index (χ0n) is 16.4. The van der Waals surface area contributed by atoms with Gasteiger partial charge < -0.3 is 15.5 Å². The second-order valence-electron chi connectivity index (χ2n) is 6.22. The van der Waals surface area contributed by atoms with E-state index in [1.54, 1.807) is 0 Å². The molecule has 6 heteroatoms. The molecule has 0 aliphatic carbocycles. The fourth-order valence-electron chi connectivity index (χ4n) is 2.66. The van der Waals surface area contributed by atoms with Crippen LogP contribution in [0.4, 0.5) is 5.69 Å². The molecule has 27 heavy (non-hydrogen) atoms. The van der Waals surface area contributed by atoms with E-state index < -0.39 is 0 Å². The Bertz CT molecular complexity index is 634. The maximum absolute atomic E-state index is 4.67. The van der Waals surface area contributed by atoms with E-state index >= 15 is 0 Å². The number of hydrogen-bond donors (Lipinski definition) is 2. The molecule has 0 saturated heterocycles. The zero-order valence-corrected chi connectivity index (χ0v) is 18.7. The number of rotatable bonds is 10. The molecule has 2 aromatic rings. The first-order valence-electron chi connectivity index (χ1n) is 9.48. The molecule has 1 aromatic heterocycles. The highest BCUT2D eigenvalue weighted by atomic mass is 127. The van der Waals surface area contributed by atoms with Crippen molar-refractivity contribution in [3.8, 4) is 0 Å². The Balaban J connectivity index is 0.00000364. The van der Waals surface area contributed by atoms with Gasteiger partial charge in [0.2, 0.25) is 0 Å². The van der Waals surface area contributed by atoms with Gasteiger partial charge in [0.1, 0.15) is 0 Å². The van der Waals surface area contributed by atoms with Gasteiger partial charge >= 0.3 is 0 Å². The number of benzene rings is 1. The number of nitrogens with one attached hydrogen (secondary N) is 2. The lowest BCUT2D eigenvalue weighted by atomic mass is 10.2. The number of nitrogens with zero attached hydrogens (tertiary/aromatic N) is 3. The summed E-state index contributed by atoms with van der Waals surface area (Å²) in [7, 11) is 2.14. The van der Waals surface area contributed by atoms with Crippen molar-refractivity contribution in [2.24, 2.45) is 4.99 Å². The number of aromatic nitrogens is 1. The molecule has 1 heterocycles. The van der Waals surface area contributed by atoms with Gasteiger partial charge in [0.15, 0.2) is 5.96 Å². The first-order valence-corrected chi connectivity index (χ1v) is 9.48. The Morgan fingerprint density at radius 1 is 1.04 bits per heavy atom. The molecule has 0 bridgehead atoms. The summed E-state index contributed by atoms with van der Waals surface area (Å²) in [6.45, 7) is 5.67. The number of pyridine rings is 1. The highest BCUT2D eigenvalue weighted by Crippen LogP contribution is 2.11. The fraction of sp³-hybridized carbons (Fsp3) is 0.429. The van der Waals surface area contributed by atoms with E-state index in [0.29, 0.717) is 0 Å². The third-order valence-electron chi connectivity index (χ3n) is 4.11. The van der Waals surface area contributed by atoms with E-state index in [9.17, 15) is 0 Å². The third-order valence-corrected chi connectivity index (χ3v) is 4.11. The molecule has 0 spiro atoms. The minimum Gasteiger partial charge on any atom is -0.375 e. The van der Waals surface area contributed by atoms with Crippen LogP contribution < -0.4 is 15.5 Å². The van der Waals surface area contributed by atoms with Crippen molar-refractivity contribution in [2.45, 2.75) is 26.2 Å². The topological polar surface area (TPSA) is 52.6 Å². The van der Waals surface area contributed by atoms with Crippen molar-refractivity contribution in [2.75, 3.05) is 38.1 Å². The van der Waals surface area contributed by atoms with E-state index in [2.05, 4.69) is 75.9 Å². The summed E-state index contributed by atoms with van der Waals surface area (Å²) >= 11 is 0. The second kappa shape index (κ2) is 14.3. The lowest BCUT2D eigenvalue weighted by molar-refractivity contribution is 0.717. The van der Waals surface area contributed by atoms with Crippen molar-refractivity contribution in [3.05, 3.63) is 60.4 Å². The van der Waals surface area contributed by atoms with Gasteiger partial charge in [-0.3, -0.25) is 9.98 Å². The third kappa shape index (κ3) is 9.60. The van der Waals surface area contributed by atoms with Gasteiger partial charge in [-0.05, 0) is 44.0 Å². The molecule has 0 fully saturated rings. The molecule has 2 N–H and O–H groups in total. The van der Waals surface area contributed by atoms with Gasteiger partial charge in [-0.25, -0.2) is 0 Å². The molecule has 0 saturated carbocycles. The van der Waals surface area contributed by atoms with E-state index in [4.69, 9.17) is 0 Å². The molecule has 0 aliphatic rings. The van der Waals surface area contributed by atoms with E-state index in [0.717, 1.165) is 57.1 Å². The number of anilines is 1. The van der Waals surface area contributed by atoms with Crippen LogP contribution in [-0.2, 0) is 6.42 Å². The molecule has 148 valence electrons. The Kier molecular flexibility index (Phi) is 12.3. The highest BCUT2D eigenvalue weighted by Gasteiger charge is 2.00. The predicted octanol–water partition coefficient (Wildman–Crippen LogP) is 3.71. The monoisotopic (exact) mass is 481 g/mol. The minimum atomic E-state index is 0. The predicted molar refractivity (Wildman–Crippen MR) is 126 cm³/mol. The summed E-state index contributed by atoms with van der Waals surface area (Å²) < 4.78 is 0. The smallest absolute Gasteiger partial charge is 0.191 e. The van der Waals surface area contributed by atoms with Crippen LogP contribution >= 0.6 is 24.0 Å². The van der Waals surface area contributed by atoms with Crippen LogP contribution in [0, 0.1) is 0 Å². The van der Waals surface area contributed by atoms with Crippen LogP contribution in [0.15, 0.2) is 59.7 Å². The summed E-state index contributed by atoms with van der Waals surface area (Å²) in [5.41, 5.74) is 2.36. The normalized spacial score (nSPS) is 10.8. The number of aliphatic imine (C=N–C) groups is 1. The largest absolute Gasteiger partial charge is 0.375 e. The second-order valence-corrected chi connectivity index (χ2v) is 6.22. The van der Waals surface area contributed by atoms with Crippen molar-refractivity contribution >= 4 is 35.6 Å². The Labute approximate surface area is 180 Å². The average molecular weight is 481 g/mol. The number of hydrogen-bond acceptors (Lipinski definition) is 3. The molecule has 0 amide bonds. The molecular formula is C21H32IN5. The zero-order chi connectivity index (χ0) is 18.5. The summed E-state index contributed by atoms with van der Waals surface area (Å²) in [6, 6.07) is 16.5. The van der Waals surface area contributed by atoms with Crippen molar-refractivity contribution in [3.63, 3.8) is 0 Å². The van der Waals surface area contributed by atoms with Gasteiger partial charge in [-0.1, -0.05) is 24.3 Å². The Morgan fingerprint density at radius 3 is 2.52 bits per heavy atom. The maximum atomic E-state index is 4.67. The maximum Gasteiger partial charge on any atom is 0.191 e. The quantitative estimate of drug-likeness (QED) is 0.235. The van der Waals surface area contributed by atoms with Crippen LogP contribution in [0.5, 0.6) is 0 Å². The lowest BCUT2D eigenvalue weighted by Crippen LogP contribution is -2.38. The number of para-hydroxylation sites is 1. The SMILES string of the molecule is CCNC(=NCCCCN(C)c1ccccc1)NCCc1ccccn1.I. The summed E-state index contributed by atoms with van der Waals surface area (Å²) in [5, 5.41) is 6.69. The van der Waals surface area contributed by atoms with Gasteiger partial charge in [0, 0.05) is 57.2 Å². The first-order chi connectivity index (χ1) is 12.8. The van der Waals surface area contributed by atoms with E-state index in [1.165, 1.54) is 5.69 Å². The molecule has 0 radical (unpaired) electrons. The van der Waals surface area contributed by atoms with Crippen LogP contribution in [-0.4, -0.2) is 44.2 Å². The van der Waals surface area contributed by atoms with Gasteiger partial charge in [-0.2, -0.15) is 0 Å². The summed E-state index contributed by atoms with van der Waals surface area (Å²) in [5.74, 6) is 0.889. The molecule has 5 nitrogen and oxygen atoms in total. The van der Waals surface area contributed by atoms with Gasteiger partial charge in [-0.15, -0.1) is 24.0 Å². The Morgan fingerprint density at radius 2 is 1.81 bits per heavy atom. The number of halogens is 1.